The predicted octanol–water partition coefficient (Wildman–Crippen LogP) is 6.78. The largest absolute Gasteiger partial charge is 0.493 e. The van der Waals surface area contributed by atoms with E-state index in [0.717, 1.165) is 65.8 Å². The molecule has 1 aliphatic rings. The van der Waals surface area contributed by atoms with Gasteiger partial charge in [0.1, 0.15) is 11.6 Å². The number of ketones is 1. The van der Waals surface area contributed by atoms with Crippen LogP contribution >= 0.6 is 11.3 Å². The van der Waals surface area contributed by atoms with Crippen LogP contribution in [-0.2, 0) is 12.8 Å². The zero-order valence-electron chi connectivity index (χ0n) is 19.9. The Morgan fingerprint density at radius 2 is 1.86 bits per heavy atom. The summed E-state index contributed by atoms with van der Waals surface area (Å²) in [6, 6.07) is 16.6. The lowest BCUT2D eigenvalue weighted by atomic mass is 9.96. The molecule has 180 valence electrons. The Kier molecular flexibility index (Phi) is 7.09. The molecule has 35 heavy (non-hydrogen) atoms. The van der Waals surface area contributed by atoms with Crippen LogP contribution in [0.4, 0.5) is 10.1 Å². The lowest BCUT2D eigenvalue weighted by molar-refractivity contribution is 0.0993. The number of ether oxygens (including phenoxy) is 1. The summed E-state index contributed by atoms with van der Waals surface area (Å²) in [5.74, 6) is 0.362. The van der Waals surface area contributed by atoms with Gasteiger partial charge in [0, 0.05) is 47.4 Å². The number of aryl methyl sites for hydroxylation is 1. The van der Waals surface area contributed by atoms with E-state index in [1.54, 1.807) is 11.3 Å². The van der Waals surface area contributed by atoms with E-state index in [0.29, 0.717) is 12.2 Å². The zero-order valence-corrected chi connectivity index (χ0v) is 20.7. The first-order chi connectivity index (χ1) is 17.1. The molecule has 0 amide bonds. The highest BCUT2D eigenvalue weighted by atomic mass is 32.1. The van der Waals surface area contributed by atoms with Gasteiger partial charge >= 0.3 is 0 Å². The molecule has 3 aromatic carbocycles. The Morgan fingerprint density at radius 3 is 2.63 bits per heavy atom. The van der Waals surface area contributed by atoms with Crippen molar-refractivity contribution in [2.24, 2.45) is 0 Å². The summed E-state index contributed by atoms with van der Waals surface area (Å²) >= 11 is 1.65. The molecule has 0 atom stereocenters. The number of halogens is 1. The average molecular weight is 489 g/mol. The van der Waals surface area contributed by atoms with Crippen molar-refractivity contribution in [3.8, 4) is 5.75 Å². The van der Waals surface area contributed by atoms with Crippen molar-refractivity contribution in [3.63, 3.8) is 0 Å². The molecule has 1 fully saturated rings. The van der Waals surface area contributed by atoms with Crippen molar-refractivity contribution in [1.82, 2.24) is 4.98 Å². The van der Waals surface area contributed by atoms with Gasteiger partial charge in [0.15, 0.2) is 5.78 Å². The van der Waals surface area contributed by atoms with Gasteiger partial charge in [-0.3, -0.25) is 4.79 Å². The van der Waals surface area contributed by atoms with Crippen LogP contribution in [0, 0.1) is 12.7 Å². The van der Waals surface area contributed by atoms with Gasteiger partial charge < -0.3 is 9.64 Å². The number of thiazole rings is 1. The van der Waals surface area contributed by atoms with Crippen LogP contribution < -0.4 is 9.64 Å². The maximum absolute atomic E-state index is 14.4. The third kappa shape index (κ3) is 5.38. The molecule has 0 aliphatic carbocycles. The second kappa shape index (κ2) is 10.6. The Hall–Kier alpha value is -3.25. The molecule has 4 nitrogen and oxygen atoms in total. The molecule has 0 N–H and O–H groups in total. The molecule has 5 rings (SSSR count). The van der Waals surface area contributed by atoms with Gasteiger partial charge in [0.25, 0.3) is 0 Å². The van der Waals surface area contributed by atoms with E-state index < -0.39 is 0 Å². The summed E-state index contributed by atoms with van der Waals surface area (Å²) in [5.41, 5.74) is 5.06. The first-order valence-corrected chi connectivity index (χ1v) is 13.1. The van der Waals surface area contributed by atoms with E-state index in [-0.39, 0.29) is 18.0 Å². The van der Waals surface area contributed by atoms with E-state index in [1.165, 1.54) is 23.4 Å². The summed E-state index contributed by atoms with van der Waals surface area (Å²) in [4.78, 5) is 21.0. The average Bonchev–Trinajstić information content (AvgIpc) is 3.29. The topological polar surface area (TPSA) is 42.4 Å². The monoisotopic (exact) mass is 488 g/mol. The molecule has 4 aromatic rings. The van der Waals surface area contributed by atoms with Crippen LogP contribution in [0.15, 0.2) is 60.1 Å². The summed E-state index contributed by atoms with van der Waals surface area (Å²) in [6.45, 7) is 4.40. The molecule has 0 unspecified atom stereocenters. The van der Waals surface area contributed by atoms with Crippen molar-refractivity contribution in [2.75, 3.05) is 24.6 Å². The first kappa shape index (κ1) is 23.5. The normalized spacial score (nSPS) is 13.8. The molecule has 0 spiro atoms. The number of hydrogen-bond acceptors (Lipinski definition) is 5. The maximum atomic E-state index is 14.4. The quantitative estimate of drug-likeness (QED) is 0.256. The van der Waals surface area contributed by atoms with E-state index in [2.05, 4.69) is 9.88 Å². The van der Waals surface area contributed by atoms with Crippen molar-refractivity contribution >= 4 is 33.6 Å². The first-order valence-electron chi connectivity index (χ1n) is 12.2. The number of carbonyl (C=O) groups is 1. The van der Waals surface area contributed by atoms with Gasteiger partial charge in [-0.25, -0.2) is 9.37 Å². The lowest BCUT2D eigenvalue weighted by Gasteiger charge is -2.29. The highest BCUT2D eigenvalue weighted by molar-refractivity contribution is 7.09. The molecule has 1 aromatic heterocycles. The van der Waals surface area contributed by atoms with Crippen molar-refractivity contribution < 1.29 is 13.9 Å². The van der Waals surface area contributed by atoms with E-state index in [9.17, 15) is 9.18 Å². The third-order valence-electron chi connectivity index (χ3n) is 6.68. The minimum Gasteiger partial charge on any atom is -0.493 e. The summed E-state index contributed by atoms with van der Waals surface area (Å²) < 4.78 is 20.6. The molecule has 0 bridgehead atoms. The van der Waals surface area contributed by atoms with E-state index in [4.69, 9.17) is 4.74 Å². The van der Waals surface area contributed by atoms with Gasteiger partial charge in [-0.15, -0.1) is 11.3 Å². The number of carbonyl (C=O) groups excluding carboxylic acids is 1. The maximum Gasteiger partial charge on any atom is 0.167 e. The van der Waals surface area contributed by atoms with E-state index >= 15 is 0 Å². The number of anilines is 1. The molecule has 1 saturated heterocycles. The number of piperidine rings is 1. The molecular weight excluding hydrogens is 459 g/mol. The lowest BCUT2D eigenvalue weighted by Crippen LogP contribution is -2.29. The molecule has 1 aliphatic heterocycles. The van der Waals surface area contributed by atoms with Crippen molar-refractivity contribution in [2.45, 2.75) is 39.0 Å². The number of hydrogen-bond donors (Lipinski definition) is 0. The van der Waals surface area contributed by atoms with Gasteiger partial charge in [-0.05, 0) is 61.4 Å². The van der Waals surface area contributed by atoms with Crippen LogP contribution in [0.25, 0.3) is 10.8 Å². The van der Waals surface area contributed by atoms with E-state index in [1.807, 2.05) is 54.9 Å². The molecule has 0 saturated carbocycles. The molecule has 6 heteroatoms. The highest BCUT2D eigenvalue weighted by Crippen LogP contribution is 2.30. The SMILES string of the molecule is Cc1ncsc1CCOc1ccc(CC(=O)c2cc(F)cc(N3CCCCC3)c2)c2ccccc12. The number of benzene rings is 3. The zero-order chi connectivity index (χ0) is 24.2. The fraction of sp³-hybridized carbons (Fsp3) is 0.310. The molecule has 2 heterocycles. The number of rotatable bonds is 8. The Labute approximate surface area is 209 Å². The minimum absolute atomic E-state index is 0.0812. The third-order valence-corrected chi connectivity index (χ3v) is 7.68. The smallest absolute Gasteiger partial charge is 0.167 e. The number of nitrogens with zero attached hydrogens (tertiary/aromatic N) is 2. The Balaban J connectivity index is 1.35. The van der Waals surface area contributed by atoms with Crippen LogP contribution in [0.2, 0.25) is 0 Å². The number of fused-ring (bicyclic) bond motifs is 1. The van der Waals surface area contributed by atoms with Crippen LogP contribution in [-0.4, -0.2) is 30.5 Å². The van der Waals surface area contributed by atoms with Gasteiger partial charge in [0.05, 0.1) is 17.8 Å². The minimum atomic E-state index is -0.360. The second-order valence-electron chi connectivity index (χ2n) is 9.07. The Morgan fingerprint density at radius 1 is 1.06 bits per heavy atom. The molecule has 0 radical (unpaired) electrons. The Bertz CT molecular complexity index is 1340. The second-order valence-corrected chi connectivity index (χ2v) is 10.0. The van der Waals surface area contributed by atoms with Crippen molar-refractivity contribution in [1.29, 1.82) is 0 Å². The molecular formula is C29H29FN2O2S. The standard InChI is InChI=1S/C29H29FN2O2S/c1-20-29(35-19-31-20)11-14-34-28-10-9-21(25-7-3-4-8-26(25)28)17-27(33)22-15-23(30)18-24(16-22)32-12-5-2-6-13-32/h3-4,7-10,15-16,18-19H,2,5-6,11-14,17H2,1H3. The van der Waals surface area contributed by atoms with Crippen LogP contribution in [0.5, 0.6) is 5.75 Å². The van der Waals surface area contributed by atoms with Gasteiger partial charge in [0.2, 0.25) is 0 Å². The fourth-order valence-corrected chi connectivity index (χ4v) is 5.54. The van der Waals surface area contributed by atoms with Crippen molar-refractivity contribution in [3.05, 3.63) is 87.6 Å². The summed E-state index contributed by atoms with van der Waals surface area (Å²) in [5, 5.41) is 1.96. The fourth-order valence-electron chi connectivity index (χ4n) is 4.78. The van der Waals surface area contributed by atoms with Crippen LogP contribution in [0.1, 0.15) is 45.8 Å². The summed E-state index contributed by atoms with van der Waals surface area (Å²) in [7, 11) is 0. The summed E-state index contributed by atoms with van der Waals surface area (Å²) in [6.07, 6.45) is 4.43. The number of aromatic nitrogens is 1. The van der Waals surface area contributed by atoms with Gasteiger partial charge in [-0.2, -0.15) is 0 Å². The van der Waals surface area contributed by atoms with Gasteiger partial charge in [-0.1, -0.05) is 30.3 Å². The number of Topliss-reactive ketones (excluding diaryl/α,β-unsaturated/α-hetero) is 1. The predicted molar refractivity (Wildman–Crippen MR) is 140 cm³/mol. The highest BCUT2D eigenvalue weighted by Gasteiger charge is 2.17. The van der Waals surface area contributed by atoms with Crippen LogP contribution in [0.3, 0.4) is 0 Å².